The lowest BCUT2D eigenvalue weighted by molar-refractivity contribution is 0.568. The number of furan rings is 1. The van der Waals surface area contributed by atoms with Gasteiger partial charge in [-0.05, 0) is 42.0 Å². The van der Waals surface area contributed by atoms with Crippen molar-refractivity contribution >= 4 is 5.65 Å². The van der Waals surface area contributed by atoms with Gasteiger partial charge in [0.05, 0.1) is 36.3 Å². The van der Waals surface area contributed by atoms with Crippen LogP contribution in [-0.4, -0.2) is 19.6 Å². The summed E-state index contributed by atoms with van der Waals surface area (Å²) in [5.74, 6) is -0.278. The molecule has 0 aliphatic rings. The van der Waals surface area contributed by atoms with Gasteiger partial charge < -0.3 is 4.42 Å². The zero-order valence-corrected chi connectivity index (χ0v) is 14.1. The van der Waals surface area contributed by atoms with Crippen LogP contribution in [0.2, 0.25) is 0 Å². The molecular weight excluding hydrogens is 343 g/mol. The van der Waals surface area contributed by atoms with Crippen LogP contribution >= 0.6 is 0 Å². The van der Waals surface area contributed by atoms with E-state index in [1.165, 1.54) is 12.1 Å². The average Bonchev–Trinajstić information content (AvgIpc) is 3.38. The third-order valence-corrected chi connectivity index (χ3v) is 4.39. The summed E-state index contributed by atoms with van der Waals surface area (Å²) < 4.78 is 20.4. The Labute approximate surface area is 153 Å². The highest BCUT2D eigenvalue weighted by atomic mass is 19.1. The Bertz CT molecular complexity index is 1240. The predicted octanol–water partition coefficient (Wildman–Crippen LogP) is 4.86. The van der Waals surface area contributed by atoms with Gasteiger partial charge in [0.1, 0.15) is 5.82 Å². The number of hydrogen-bond acceptors (Lipinski definition) is 4. The Hall–Kier alpha value is -3.80. The smallest absolute Gasteiger partial charge is 0.154 e. The minimum absolute atomic E-state index is 0.278. The molecule has 130 valence electrons. The minimum atomic E-state index is -0.278. The van der Waals surface area contributed by atoms with E-state index in [-0.39, 0.29) is 5.82 Å². The highest BCUT2D eigenvalue weighted by Gasteiger charge is 2.11. The Kier molecular flexibility index (Phi) is 3.53. The summed E-state index contributed by atoms with van der Waals surface area (Å²) in [5.41, 5.74) is 5.78. The second-order valence-electron chi connectivity index (χ2n) is 6.11. The van der Waals surface area contributed by atoms with E-state index < -0.39 is 0 Å². The van der Waals surface area contributed by atoms with Crippen LogP contribution in [0.5, 0.6) is 0 Å². The van der Waals surface area contributed by atoms with Crippen molar-refractivity contribution in [3.05, 3.63) is 85.5 Å². The zero-order valence-electron chi connectivity index (χ0n) is 14.1. The second kappa shape index (κ2) is 6.17. The Morgan fingerprint density at radius 3 is 2.67 bits per heavy atom. The van der Waals surface area contributed by atoms with Crippen molar-refractivity contribution in [2.45, 2.75) is 0 Å². The maximum Gasteiger partial charge on any atom is 0.154 e. The minimum Gasteiger partial charge on any atom is -0.472 e. The Morgan fingerprint density at radius 1 is 0.852 bits per heavy atom. The van der Waals surface area contributed by atoms with Gasteiger partial charge >= 0.3 is 0 Å². The van der Waals surface area contributed by atoms with E-state index in [1.54, 1.807) is 41.7 Å². The summed E-state index contributed by atoms with van der Waals surface area (Å²) in [4.78, 5) is 8.85. The number of nitrogens with zero attached hydrogens (tertiary/aromatic N) is 4. The van der Waals surface area contributed by atoms with Crippen molar-refractivity contribution in [2.75, 3.05) is 0 Å². The van der Waals surface area contributed by atoms with Gasteiger partial charge in [0.2, 0.25) is 0 Å². The number of aromatic nitrogens is 4. The van der Waals surface area contributed by atoms with Crippen LogP contribution in [-0.2, 0) is 0 Å². The molecule has 0 N–H and O–H groups in total. The standard InChI is InChI=1S/C21H13FN4O/c22-18-3-1-2-14(8-18)17-10-21-24-12-20(26(21)25-11-17)15-4-6-23-19(9-15)16-5-7-27-13-16/h1-13H. The maximum absolute atomic E-state index is 13.5. The monoisotopic (exact) mass is 356 g/mol. The molecule has 0 atom stereocenters. The Morgan fingerprint density at radius 2 is 1.81 bits per heavy atom. The normalized spacial score (nSPS) is 11.1. The Balaban J connectivity index is 1.58. The lowest BCUT2D eigenvalue weighted by Crippen LogP contribution is -1.95. The molecule has 5 aromatic rings. The molecule has 0 aliphatic heterocycles. The summed E-state index contributed by atoms with van der Waals surface area (Å²) in [6, 6.07) is 14.1. The van der Waals surface area contributed by atoms with Crippen molar-refractivity contribution in [1.29, 1.82) is 0 Å². The molecule has 0 bridgehead atoms. The third kappa shape index (κ3) is 2.77. The lowest BCUT2D eigenvalue weighted by Gasteiger charge is -2.05. The van der Waals surface area contributed by atoms with Gasteiger partial charge in [-0.2, -0.15) is 5.10 Å². The molecule has 6 heteroatoms. The first-order valence-corrected chi connectivity index (χ1v) is 8.37. The topological polar surface area (TPSA) is 56.2 Å². The van der Waals surface area contributed by atoms with Crippen molar-refractivity contribution in [3.63, 3.8) is 0 Å². The highest BCUT2D eigenvalue weighted by Crippen LogP contribution is 2.27. The van der Waals surface area contributed by atoms with Crippen molar-refractivity contribution < 1.29 is 8.81 Å². The molecule has 0 unspecified atom stereocenters. The number of benzene rings is 1. The van der Waals surface area contributed by atoms with E-state index in [9.17, 15) is 4.39 Å². The van der Waals surface area contributed by atoms with Crippen LogP contribution in [0.15, 0.2) is 84.1 Å². The van der Waals surface area contributed by atoms with Crippen LogP contribution in [0.4, 0.5) is 4.39 Å². The number of halogens is 1. The summed E-state index contributed by atoms with van der Waals surface area (Å²) >= 11 is 0. The molecular formula is C21H13FN4O. The molecule has 4 aromatic heterocycles. The molecule has 0 saturated heterocycles. The summed E-state index contributed by atoms with van der Waals surface area (Å²) in [6.07, 6.45) is 8.51. The molecule has 5 nitrogen and oxygen atoms in total. The molecule has 0 amide bonds. The van der Waals surface area contributed by atoms with Gasteiger partial charge in [0.15, 0.2) is 5.65 Å². The summed E-state index contributed by atoms with van der Waals surface area (Å²) in [5, 5.41) is 4.51. The molecule has 5 rings (SSSR count). The van der Waals surface area contributed by atoms with Gasteiger partial charge in [-0.1, -0.05) is 12.1 Å². The first-order valence-electron chi connectivity index (χ1n) is 8.37. The highest BCUT2D eigenvalue weighted by molar-refractivity contribution is 5.71. The van der Waals surface area contributed by atoms with Gasteiger partial charge in [0, 0.05) is 22.9 Å². The van der Waals surface area contributed by atoms with Gasteiger partial charge in [0.25, 0.3) is 0 Å². The molecule has 1 aromatic carbocycles. The molecule has 4 heterocycles. The molecule has 0 radical (unpaired) electrons. The molecule has 0 fully saturated rings. The van der Waals surface area contributed by atoms with Crippen LogP contribution in [0.1, 0.15) is 0 Å². The summed E-state index contributed by atoms with van der Waals surface area (Å²) in [6.45, 7) is 0. The number of pyridine rings is 1. The number of fused-ring (bicyclic) bond motifs is 1. The molecule has 0 saturated carbocycles. The van der Waals surface area contributed by atoms with Crippen LogP contribution in [0, 0.1) is 5.82 Å². The SMILES string of the molecule is Fc1cccc(-c2cnn3c(-c4ccnc(-c5ccoc5)c4)cnc3c2)c1. The van der Waals surface area contributed by atoms with Gasteiger partial charge in [-0.25, -0.2) is 13.9 Å². The molecule has 0 spiro atoms. The van der Waals surface area contributed by atoms with E-state index in [0.29, 0.717) is 5.65 Å². The second-order valence-corrected chi connectivity index (χ2v) is 6.11. The van der Waals surface area contributed by atoms with Crippen molar-refractivity contribution in [1.82, 2.24) is 19.6 Å². The zero-order chi connectivity index (χ0) is 18.2. The quantitative estimate of drug-likeness (QED) is 0.463. The van der Waals surface area contributed by atoms with Gasteiger partial charge in [-0.15, -0.1) is 0 Å². The first-order chi connectivity index (χ1) is 13.3. The third-order valence-electron chi connectivity index (χ3n) is 4.39. The van der Waals surface area contributed by atoms with Crippen LogP contribution < -0.4 is 0 Å². The number of hydrogen-bond donors (Lipinski definition) is 0. The fourth-order valence-electron chi connectivity index (χ4n) is 3.06. The van der Waals surface area contributed by atoms with Crippen molar-refractivity contribution in [3.8, 4) is 33.6 Å². The van der Waals surface area contributed by atoms with Crippen molar-refractivity contribution in [2.24, 2.45) is 0 Å². The fraction of sp³-hybridized carbons (Fsp3) is 0. The van der Waals surface area contributed by atoms with Crippen LogP contribution in [0.3, 0.4) is 0 Å². The van der Waals surface area contributed by atoms with E-state index in [2.05, 4.69) is 15.1 Å². The average molecular weight is 356 g/mol. The largest absolute Gasteiger partial charge is 0.472 e. The molecule has 27 heavy (non-hydrogen) atoms. The van der Waals surface area contributed by atoms with E-state index in [4.69, 9.17) is 4.42 Å². The van der Waals surface area contributed by atoms with Gasteiger partial charge in [-0.3, -0.25) is 4.98 Å². The van der Waals surface area contributed by atoms with E-state index in [1.807, 2.05) is 30.3 Å². The van der Waals surface area contributed by atoms with E-state index in [0.717, 1.165) is 33.6 Å². The van der Waals surface area contributed by atoms with E-state index >= 15 is 0 Å². The summed E-state index contributed by atoms with van der Waals surface area (Å²) in [7, 11) is 0. The maximum atomic E-state index is 13.5. The number of rotatable bonds is 3. The van der Waals surface area contributed by atoms with Crippen LogP contribution in [0.25, 0.3) is 39.3 Å². The first kappa shape index (κ1) is 15.5. The molecule has 0 aliphatic carbocycles. The fourth-order valence-corrected chi connectivity index (χ4v) is 3.06. The lowest BCUT2D eigenvalue weighted by atomic mass is 10.1. The number of imidazole rings is 1. The predicted molar refractivity (Wildman–Crippen MR) is 99.3 cm³/mol.